The SMILES string of the molecule is CC(C)(C)OC(=O)[C@@H]1CC12CC(N)C2. The predicted molar refractivity (Wildman–Crippen MR) is 53.6 cm³/mol. The van der Waals surface area contributed by atoms with Crippen LogP contribution in [0.25, 0.3) is 0 Å². The molecular weight excluding hydrogens is 178 g/mol. The van der Waals surface area contributed by atoms with Crippen LogP contribution in [0.3, 0.4) is 0 Å². The Morgan fingerprint density at radius 3 is 2.36 bits per heavy atom. The van der Waals surface area contributed by atoms with Crippen LogP contribution in [-0.4, -0.2) is 17.6 Å². The lowest BCUT2D eigenvalue weighted by Gasteiger charge is -2.34. The first kappa shape index (κ1) is 9.97. The second kappa shape index (κ2) is 2.72. The molecule has 0 unspecified atom stereocenters. The third kappa shape index (κ3) is 1.65. The molecule has 2 aliphatic rings. The van der Waals surface area contributed by atoms with E-state index in [1.165, 1.54) is 0 Å². The summed E-state index contributed by atoms with van der Waals surface area (Å²) in [6.45, 7) is 5.73. The van der Waals surface area contributed by atoms with Crippen LogP contribution in [0.5, 0.6) is 0 Å². The minimum Gasteiger partial charge on any atom is -0.460 e. The highest BCUT2D eigenvalue weighted by Gasteiger charge is 2.64. The first-order valence-electron chi connectivity index (χ1n) is 5.31. The van der Waals surface area contributed by atoms with Crippen molar-refractivity contribution in [2.75, 3.05) is 0 Å². The largest absolute Gasteiger partial charge is 0.460 e. The first-order valence-corrected chi connectivity index (χ1v) is 5.31. The fourth-order valence-corrected chi connectivity index (χ4v) is 2.49. The van der Waals surface area contributed by atoms with Gasteiger partial charge < -0.3 is 10.5 Å². The number of nitrogens with two attached hydrogens (primary N) is 1. The minimum atomic E-state index is -0.354. The molecule has 2 fully saturated rings. The summed E-state index contributed by atoms with van der Waals surface area (Å²) in [5.74, 6) is 0.117. The Hall–Kier alpha value is -0.570. The molecule has 2 rings (SSSR count). The molecule has 0 aliphatic heterocycles. The van der Waals surface area contributed by atoms with Crippen molar-refractivity contribution < 1.29 is 9.53 Å². The number of rotatable bonds is 1. The van der Waals surface area contributed by atoms with E-state index in [1.54, 1.807) is 0 Å². The van der Waals surface area contributed by atoms with Crippen LogP contribution in [0.2, 0.25) is 0 Å². The maximum atomic E-state index is 11.7. The maximum Gasteiger partial charge on any atom is 0.310 e. The second-order valence-corrected chi connectivity index (χ2v) is 5.82. The van der Waals surface area contributed by atoms with Gasteiger partial charge in [-0.25, -0.2) is 0 Å². The van der Waals surface area contributed by atoms with Crippen molar-refractivity contribution >= 4 is 5.97 Å². The van der Waals surface area contributed by atoms with Crippen LogP contribution in [0.4, 0.5) is 0 Å². The molecular formula is C11H19NO2. The van der Waals surface area contributed by atoms with Crippen molar-refractivity contribution in [2.45, 2.75) is 51.7 Å². The summed E-state index contributed by atoms with van der Waals surface area (Å²) in [5, 5.41) is 0. The third-order valence-electron chi connectivity index (χ3n) is 3.22. The van der Waals surface area contributed by atoms with E-state index in [1.807, 2.05) is 20.8 Å². The Labute approximate surface area is 85.0 Å². The molecule has 0 heterocycles. The predicted octanol–water partition coefficient (Wildman–Crippen LogP) is 1.46. The van der Waals surface area contributed by atoms with Crippen molar-refractivity contribution in [3.8, 4) is 0 Å². The van der Waals surface area contributed by atoms with Crippen LogP contribution < -0.4 is 5.73 Å². The van der Waals surface area contributed by atoms with Crippen LogP contribution in [-0.2, 0) is 9.53 Å². The van der Waals surface area contributed by atoms with Gasteiger partial charge in [0.25, 0.3) is 0 Å². The van der Waals surface area contributed by atoms with Gasteiger partial charge in [-0.1, -0.05) is 0 Å². The van der Waals surface area contributed by atoms with Gasteiger partial charge in [0.1, 0.15) is 5.60 Å². The van der Waals surface area contributed by atoms with E-state index in [0.29, 0.717) is 6.04 Å². The van der Waals surface area contributed by atoms with E-state index < -0.39 is 0 Å². The summed E-state index contributed by atoms with van der Waals surface area (Å²) < 4.78 is 5.35. The number of carbonyl (C=O) groups is 1. The second-order valence-electron chi connectivity index (χ2n) is 5.82. The standard InChI is InChI=1S/C11H19NO2/c1-10(2,3)14-9(13)8-6-11(8)4-7(12)5-11/h7-8H,4-6,12H2,1-3H3/t7?,8-,11?/m0/s1. The molecule has 14 heavy (non-hydrogen) atoms. The normalized spacial score (nSPS) is 40.6. The summed E-state index contributed by atoms with van der Waals surface area (Å²) in [4.78, 5) is 11.7. The number of ether oxygens (including phenoxy) is 1. The van der Waals surface area contributed by atoms with E-state index in [9.17, 15) is 4.79 Å². The lowest BCUT2D eigenvalue weighted by molar-refractivity contribution is -0.158. The molecule has 3 nitrogen and oxygen atoms in total. The van der Waals surface area contributed by atoms with E-state index in [4.69, 9.17) is 10.5 Å². The zero-order chi connectivity index (χ0) is 10.6. The van der Waals surface area contributed by atoms with E-state index in [2.05, 4.69) is 0 Å². The first-order chi connectivity index (χ1) is 6.32. The number of hydrogen-bond donors (Lipinski definition) is 1. The number of esters is 1. The van der Waals surface area contributed by atoms with Crippen LogP contribution >= 0.6 is 0 Å². The van der Waals surface area contributed by atoms with Crippen molar-refractivity contribution in [3.63, 3.8) is 0 Å². The molecule has 0 aromatic rings. The van der Waals surface area contributed by atoms with Gasteiger partial charge in [-0.05, 0) is 45.4 Å². The highest BCUT2D eigenvalue weighted by molar-refractivity contribution is 5.77. The lowest BCUT2D eigenvalue weighted by Crippen LogP contribution is -2.40. The van der Waals surface area contributed by atoms with E-state index in [0.717, 1.165) is 19.3 Å². The molecule has 2 N–H and O–H groups in total. The van der Waals surface area contributed by atoms with Crippen molar-refractivity contribution in [2.24, 2.45) is 17.1 Å². The molecule has 2 saturated carbocycles. The Bertz CT molecular complexity index is 261. The molecule has 80 valence electrons. The quantitative estimate of drug-likeness (QED) is 0.647. The molecule has 3 heteroatoms. The van der Waals surface area contributed by atoms with Gasteiger partial charge in [0.2, 0.25) is 0 Å². The van der Waals surface area contributed by atoms with Crippen molar-refractivity contribution in [1.29, 1.82) is 0 Å². The molecule has 0 bridgehead atoms. The summed E-state index contributed by atoms with van der Waals surface area (Å²) in [6.07, 6.45) is 3.02. The Kier molecular flexibility index (Phi) is 1.94. The minimum absolute atomic E-state index is 0.0237. The fourth-order valence-electron chi connectivity index (χ4n) is 2.49. The Balaban J connectivity index is 1.85. The molecule has 0 amide bonds. The maximum absolute atomic E-state index is 11.7. The zero-order valence-electron chi connectivity index (χ0n) is 9.17. The molecule has 0 radical (unpaired) electrons. The van der Waals surface area contributed by atoms with Gasteiger partial charge in [0, 0.05) is 6.04 Å². The van der Waals surface area contributed by atoms with E-state index >= 15 is 0 Å². The van der Waals surface area contributed by atoms with E-state index in [-0.39, 0.29) is 22.9 Å². The topological polar surface area (TPSA) is 52.3 Å². The van der Waals surface area contributed by atoms with Crippen LogP contribution in [0.15, 0.2) is 0 Å². The molecule has 1 atom stereocenters. The van der Waals surface area contributed by atoms with Crippen molar-refractivity contribution in [3.05, 3.63) is 0 Å². The van der Waals surface area contributed by atoms with Crippen molar-refractivity contribution in [1.82, 2.24) is 0 Å². The summed E-state index contributed by atoms with van der Waals surface area (Å²) in [6, 6.07) is 0.322. The Morgan fingerprint density at radius 1 is 1.36 bits per heavy atom. The van der Waals surface area contributed by atoms with Gasteiger partial charge in [-0.2, -0.15) is 0 Å². The average molecular weight is 197 g/mol. The highest BCUT2D eigenvalue weighted by Crippen LogP contribution is 2.65. The molecule has 0 aromatic heterocycles. The van der Waals surface area contributed by atoms with Gasteiger partial charge in [-0.3, -0.25) is 4.79 Å². The highest BCUT2D eigenvalue weighted by atomic mass is 16.6. The summed E-state index contributed by atoms with van der Waals surface area (Å²) in [7, 11) is 0. The van der Waals surface area contributed by atoms with Gasteiger partial charge in [0.05, 0.1) is 5.92 Å². The third-order valence-corrected chi connectivity index (χ3v) is 3.22. The lowest BCUT2D eigenvalue weighted by atomic mass is 9.76. The smallest absolute Gasteiger partial charge is 0.310 e. The molecule has 2 aliphatic carbocycles. The number of hydrogen-bond acceptors (Lipinski definition) is 3. The summed E-state index contributed by atoms with van der Waals surface area (Å²) >= 11 is 0. The van der Waals surface area contributed by atoms with Gasteiger partial charge in [0.15, 0.2) is 0 Å². The molecule has 0 saturated heterocycles. The fraction of sp³-hybridized carbons (Fsp3) is 0.909. The number of carbonyl (C=O) groups excluding carboxylic acids is 1. The summed E-state index contributed by atoms with van der Waals surface area (Å²) in [5.41, 5.74) is 5.63. The van der Waals surface area contributed by atoms with Crippen LogP contribution in [0, 0.1) is 11.3 Å². The molecule has 1 spiro atoms. The average Bonchev–Trinajstić information content (AvgIpc) is 2.58. The zero-order valence-corrected chi connectivity index (χ0v) is 9.17. The van der Waals surface area contributed by atoms with Crippen LogP contribution in [0.1, 0.15) is 40.0 Å². The monoisotopic (exact) mass is 197 g/mol. The van der Waals surface area contributed by atoms with Gasteiger partial charge in [-0.15, -0.1) is 0 Å². The molecule has 0 aromatic carbocycles. The Morgan fingerprint density at radius 2 is 1.93 bits per heavy atom. The van der Waals surface area contributed by atoms with Gasteiger partial charge >= 0.3 is 5.97 Å².